The van der Waals surface area contributed by atoms with Gasteiger partial charge in [0, 0.05) is 25.0 Å². The lowest BCUT2D eigenvalue weighted by atomic mass is 10.4. The van der Waals surface area contributed by atoms with Crippen molar-refractivity contribution < 1.29 is 8.42 Å². The average molecular weight is 325 g/mol. The van der Waals surface area contributed by atoms with Gasteiger partial charge in [0.05, 0.1) is 11.6 Å². The predicted molar refractivity (Wildman–Crippen MR) is 82.6 cm³/mol. The van der Waals surface area contributed by atoms with E-state index in [0.29, 0.717) is 6.54 Å². The maximum atomic E-state index is 12.9. The van der Waals surface area contributed by atoms with Gasteiger partial charge in [-0.3, -0.25) is 0 Å². The monoisotopic (exact) mass is 324 g/mol. The summed E-state index contributed by atoms with van der Waals surface area (Å²) in [6.07, 6.45) is 3.74. The number of sulfonamides is 1. The fraction of sp³-hybridized carbons (Fsp3) is 0.333. The van der Waals surface area contributed by atoms with E-state index in [1.807, 2.05) is 29.9 Å². The third kappa shape index (κ3) is 2.86. The molecule has 0 amide bonds. The molecule has 21 heavy (non-hydrogen) atoms. The average Bonchev–Trinajstić information content (AvgIpc) is 3.20. The Hall–Kier alpha value is -1.30. The molecule has 1 aliphatic rings. The molecule has 0 bridgehead atoms. The van der Waals surface area contributed by atoms with E-state index in [1.54, 1.807) is 28.6 Å². The standard InChI is InChI=1S/C15H17ClN2O2S/c1-17-10-4-5-13(17)11-18(12-8-9-12)21(19,20)15-7-3-2-6-14(15)16/h2-7,10,12H,8-9,11H2,1H3. The van der Waals surface area contributed by atoms with E-state index in [9.17, 15) is 8.42 Å². The Labute approximate surface area is 130 Å². The molecule has 0 N–H and O–H groups in total. The number of benzene rings is 1. The summed E-state index contributed by atoms with van der Waals surface area (Å²) in [6.45, 7) is 0.377. The molecule has 112 valence electrons. The van der Waals surface area contributed by atoms with Crippen LogP contribution in [0, 0.1) is 0 Å². The lowest BCUT2D eigenvalue weighted by Gasteiger charge is -2.22. The van der Waals surface area contributed by atoms with Gasteiger partial charge in [0.1, 0.15) is 4.90 Å². The van der Waals surface area contributed by atoms with Crippen LogP contribution in [0.25, 0.3) is 0 Å². The molecule has 1 aromatic carbocycles. The number of aryl methyl sites for hydroxylation is 1. The zero-order valence-electron chi connectivity index (χ0n) is 11.7. The van der Waals surface area contributed by atoms with Crippen molar-refractivity contribution in [1.29, 1.82) is 0 Å². The van der Waals surface area contributed by atoms with Gasteiger partial charge < -0.3 is 4.57 Å². The highest BCUT2D eigenvalue weighted by Crippen LogP contribution is 2.35. The van der Waals surface area contributed by atoms with Crippen LogP contribution in [0.3, 0.4) is 0 Å². The second kappa shape index (κ2) is 5.48. The van der Waals surface area contributed by atoms with Crippen LogP contribution in [-0.2, 0) is 23.6 Å². The molecule has 3 rings (SSSR count). The molecule has 0 atom stereocenters. The van der Waals surface area contributed by atoms with Crippen LogP contribution in [0.2, 0.25) is 5.02 Å². The Morgan fingerprint density at radius 1 is 1.24 bits per heavy atom. The lowest BCUT2D eigenvalue weighted by Crippen LogP contribution is -2.33. The second-order valence-corrected chi connectivity index (χ2v) is 7.59. The molecular weight excluding hydrogens is 308 g/mol. The molecule has 0 radical (unpaired) electrons. The number of nitrogens with zero attached hydrogens (tertiary/aromatic N) is 2. The molecular formula is C15H17ClN2O2S. The van der Waals surface area contributed by atoms with Crippen LogP contribution >= 0.6 is 11.6 Å². The van der Waals surface area contributed by atoms with Crippen molar-refractivity contribution in [2.75, 3.05) is 0 Å². The fourth-order valence-electron chi connectivity index (χ4n) is 2.37. The quantitative estimate of drug-likeness (QED) is 0.848. The maximum Gasteiger partial charge on any atom is 0.245 e. The second-order valence-electron chi connectivity index (χ2n) is 5.32. The van der Waals surface area contributed by atoms with Crippen molar-refractivity contribution in [2.45, 2.75) is 30.3 Å². The Balaban J connectivity index is 1.97. The summed E-state index contributed by atoms with van der Waals surface area (Å²) < 4.78 is 29.3. The Morgan fingerprint density at radius 3 is 2.52 bits per heavy atom. The summed E-state index contributed by atoms with van der Waals surface area (Å²) >= 11 is 6.08. The molecule has 1 aromatic heterocycles. The number of halogens is 1. The Morgan fingerprint density at radius 2 is 1.95 bits per heavy atom. The molecule has 1 fully saturated rings. The van der Waals surface area contributed by atoms with E-state index >= 15 is 0 Å². The van der Waals surface area contributed by atoms with Gasteiger partial charge in [-0.2, -0.15) is 4.31 Å². The normalized spacial score (nSPS) is 15.6. The highest BCUT2D eigenvalue weighted by Gasteiger charge is 2.39. The van der Waals surface area contributed by atoms with Gasteiger partial charge in [-0.15, -0.1) is 0 Å². The molecule has 2 aromatic rings. The summed E-state index contributed by atoms with van der Waals surface area (Å²) in [4.78, 5) is 0.188. The van der Waals surface area contributed by atoms with Gasteiger partial charge in [-0.1, -0.05) is 23.7 Å². The first-order valence-electron chi connectivity index (χ1n) is 6.87. The van der Waals surface area contributed by atoms with Crippen LogP contribution < -0.4 is 0 Å². The molecule has 0 unspecified atom stereocenters. The van der Waals surface area contributed by atoms with E-state index in [1.165, 1.54) is 0 Å². The topological polar surface area (TPSA) is 42.3 Å². The van der Waals surface area contributed by atoms with E-state index in [-0.39, 0.29) is 16.0 Å². The third-order valence-electron chi connectivity index (χ3n) is 3.75. The van der Waals surface area contributed by atoms with Crippen LogP contribution in [0.4, 0.5) is 0 Å². The number of hydrogen-bond donors (Lipinski definition) is 0. The predicted octanol–water partition coefficient (Wildman–Crippen LogP) is 3.03. The summed E-state index contributed by atoms with van der Waals surface area (Å²) in [5.74, 6) is 0. The van der Waals surface area contributed by atoms with Crippen molar-refractivity contribution in [2.24, 2.45) is 7.05 Å². The van der Waals surface area contributed by atoms with Crippen molar-refractivity contribution in [3.63, 3.8) is 0 Å². The summed E-state index contributed by atoms with van der Waals surface area (Å²) in [5.41, 5.74) is 0.970. The van der Waals surface area contributed by atoms with Crippen LogP contribution in [-0.4, -0.2) is 23.3 Å². The molecule has 6 heteroatoms. The van der Waals surface area contributed by atoms with E-state index in [4.69, 9.17) is 11.6 Å². The maximum absolute atomic E-state index is 12.9. The first kappa shape index (κ1) is 14.6. The number of hydrogen-bond acceptors (Lipinski definition) is 2. The summed E-state index contributed by atoms with van der Waals surface area (Å²) in [6, 6.07) is 10.6. The van der Waals surface area contributed by atoms with Gasteiger partial charge in [-0.05, 0) is 37.1 Å². The van der Waals surface area contributed by atoms with E-state index in [0.717, 1.165) is 18.5 Å². The molecule has 0 aliphatic heterocycles. The molecule has 1 heterocycles. The van der Waals surface area contributed by atoms with E-state index in [2.05, 4.69) is 0 Å². The zero-order chi connectivity index (χ0) is 15.0. The van der Waals surface area contributed by atoms with E-state index < -0.39 is 10.0 Å². The summed E-state index contributed by atoms with van der Waals surface area (Å²) in [7, 11) is -1.65. The van der Waals surface area contributed by atoms with Crippen molar-refractivity contribution in [3.05, 3.63) is 53.3 Å². The lowest BCUT2D eigenvalue weighted by molar-refractivity contribution is 0.390. The van der Waals surface area contributed by atoms with Crippen LogP contribution in [0.15, 0.2) is 47.5 Å². The SMILES string of the molecule is Cn1cccc1CN(C1CC1)S(=O)(=O)c1ccccc1Cl. The molecule has 0 spiro atoms. The van der Waals surface area contributed by atoms with Gasteiger partial charge >= 0.3 is 0 Å². The third-order valence-corrected chi connectivity index (χ3v) is 6.14. The summed E-state index contributed by atoms with van der Waals surface area (Å²) in [5, 5.41) is 0.273. The number of aromatic nitrogens is 1. The Bertz CT molecular complexity index is 751. The molecule has 4 nitrogen and oxygen atoms in total. The number of rotatable bonds is 5. The van der Waals surface area contributed by atoms with Gasteiger partial charge in [0.15, 0.2) is 0 Å². The van der Waals surface area contributed by atoms with Crippen molar-refractivity contribution in [1.82, 2.24) is 8.87 Å². The minimum absolute atomic E-state index is 0.0844. The van der Waals surface area contributed by atoms with Gasteiger partial charge in [0.2, 0.25) is 10.0 Å². The van der Waals surface area contributed by atoms with Gasteiger partial charge in [-0.25, -0.2) is 8.42 Å². The Kier molecular flexibility index (Phi) is 3.82. The zero-order valence-corrected chi connectivity index (χ0v) is 13.3. The minimum atomic E-state index is -3.57. The highest BCUT2D eigenvalue weighted by atomic mass is 35.5. The smallest absolute Gasteiger partial charge is 0.245 e. The van der Waals surface area contributed by atoms with Crippen molar-refractivity contribution in [3.8, 4) is 0 Å². The first-order valence-corrected chi connectivity index (χ1v) is 8.68. The molecule has 1 aliphatic carbocycles. The molecule has 0 saturated heterocycles. The first-order chi connectivity index (χ1) is 10.00. The van der Waals surface area contributed by atoms with Gasteiger partial charge in [0.25, 0.3) is 0 Å². The largest absolute Gasteiger partial charge is 0.353 e. The minimum Gasteiger partial charge on any atom is -0.353 e. The van der Waals surface area contributed by atoms with Crippen LogP contribution in [0.5, 0.6) is 0 Å². The highest BCUT2D eigenvalue weighted by molar-refractivity contribution is 7.89. The van der Waals surface area contributed by atoms with Crippen molar-refractivity contribution >= 4 is 21.6 Å². The fourth-order valence-corrected chi connectivity index (χ4v) is 4.52. The molecule has 1 saturated carbocycles. The van der Waals surface area contributed by atoms with Crippen LogP contribution in [0.1, 0.15) is 18.5 Å².